The van der Waals surface area contributed by atoms with Gasteiger partial charge in [-0.2, -0.15) is 5.48 Å². The molecule has 0 saturated carbocycles. The predicted octanol–water partition coefficient (Wildman–Crippen LogP) is -0.468. The van der Waals surface area contributed by atoms with Crippen LogP contribution in [-0.4, -0.2) is 37.9 Å². The van der Waals surface area contributed by atoms with Crippen molar-refractivity contribution in [3.05, 3.63) is 0 Å². The summed E-state index contributed by atoms with van der Waals surface area (Å²) in [4.78, 5) is 26.7. The Hall–Kier alpha value is -1.10. The molecule has 0 bridgehead atoms. The number of nitrogens with zero attached hydrogens (tertiary/aromatic N) is 1. The Bertz CT molecular complexity index is 148. The lowest BCUT2D eigenvalue weighted by Crippen LogP contribution is -2.20. The molecule has 5 nitrogen and oxygen atoms in total. The molecule has 0 aliphatic heterocycles. The van der Waals surface area contributed by atoms with Crippen LogP contribution < -0.4 is 5.48 Å². The molecule has 1 N–H and O–H groups in total. The van der Waals surface area contributed by atoms with E-state index < -0.39 is 5.97 Å². The van der Waals surface area contributed by atoms with Gasteiger partial charge in [0.05, 0.1) is 0 Å². The molecule has 0 radical (unpaired) electrons. The summed E-state index contributed by atoms with van der Waals surface area (Å²) in [5.41, 5.74) is 1.84. The van der Waals surface area contributed by atoms with Gasteiger partial charge in [-0.1, -0.05) is 0 Å². The van der Waals surface area contributed by atoms with Crippen molar-refractivity contribution in [1.82, 2.24) is 10.4 Å². The number of amides is 1. The maximum atomic E-state index is 10.7. The second-order valence-corrected chi connectivity index (χ2v) is 2.62. The van der Waals surface area contributed by atoms with Crippen LogP contribution in [0.1, 0.15) is 12.8 Å². The highest BCUT2D eigenvalue weighted by Gasteiger charge is 2.01. The number of nitrogens with one attached hydrogen (secondary N) is 1. The molecule has 0 aromatic rings. The van der Waals surface area contributed by atoms with Gasteiger partial charge >= 0.3 is 5.97 Å². The quantitative estimate of drug-likeness (QED) is 0.437. The summed E-state index contributed by atoms with van der Waals surface area (Å²) in [6, 6.07) is 0. The Morgan fingerprint density at radius 1 is 1.58 bits per heavy atom. The lowest BCUT2D eigenvalue weighted by Gasteiger charge is -2.07. The molecule has 0 atom stereocenters. The third kappa shape index (κ3) is 7.01. The van der Waals surface area contributed by atoms with E-state index in [0.717, 1.165) is 13.0 Å². The molecule has 0 saturated heterocycles. The van der Waals surface area contributed by atoms with Crippen LogP contribution in [0.5, 0.6) is 0 Å². The van der Waals surface area contributed by atoms with Crippen molar-refractivity contribution in [2.24, 2.45) is 0 Å². The summed E-state index contributed by atoms with van der Waals surface area (Å²) < 4.78 is 0. The second kappa shape index (κ2) is 6.60. The maximum Gasteiger partial charge on any atom is 0.332 e. The Kier molecular flexibility index (Phi) is 6.00. The van der Waals surface area contributed by atoms with Crippen LogP contribution in [0.4, 0.5) is 0 Å². The van der Waals surface area contributed by atoms with E-state index >= 15 is 0 Å². The Balaban J connectivity index is 3.25. The van der Waals surface area contributed by atoms with Gasteiger partial charge in [0, 0.05) is 6.42 Å². The summed E-state index contributed by atoms with van der Waals surface area (Å²) in [5.74, 6) is -0.413. The average Bonchev–Trinajstić information content (AvgIpc) is 2.00. The van der Waals surface area contributed by atoms with Gasteiger partial charge in [-0.3, -0.25) is 4.79 Å². The molecule has 0 rings (SSSR count). The fourth-order valence-electron chi connectivity index (χ4n) is 0.680. The zero-order valence-corrected chi connectivity index (χ0v) is 7.37. The molecule has 0 aromatic carbocycles. The van der Waals surface area contributed by atoms with Gasteiger partial charge in [0.15, 0.2) is 0 Å². The van der Waals surface area contributed by atoms with Gasteiger partial charge in [0.25, 0.3) is 0 Å². The number of carbonyl (C=O) groups is 2. The Morgan fingerprint density at radius 3 is 2.75 bits per heavy atom. The molecule has 0 fully saturated rings. The van der Waals surface area contributed by atoms with Crippen LogP contribution >= 0.6 is 0 Å². The first-order valence-electron chi connectivity index (χ1n) is 3.70. The lowest BCUT2D eigenvalue weighted by molar-refractivity contribution is -0.154. The minimum atomic E-state index is -0.413. The van der Waals surface area contributed by atoms with Crippen LogP contribution in [0.2, 0.25) is 0 Å². The van der Waals surface area contributed by atoms with Gasteiger partial charge in [-0.25, -0.2) is 4.79 Å². The third-order valence-electron chi connectivity index (χ3n) is 1.21. The second-order valence-electron chi connectivity index (χ2n) is 2.62. The van der Waals surface area contributed by atoms with Crippen molar-refractivity contribution in [3.8, 4) is 0 Å². The van der Waals surface area contributed by atoms with Gasteiger partial charge in [0.1, 0.15) is 0 Å². The fourth-order valence-corrected chi connectivity index (χ4v) is 0.680. The SMILES string of the molecule is CN(C)CCCC(=O)ONC=O. The predicted molar refractivity (Wildman–Crippen MR) is 43.1 cm³/mol. The zero-order valence-electron chi connectivity index (χ0n) is 7.37. The smallest absolute Gasteiger partial charge is 0.332 e. The van der Waals surface area contributed by atoms with Crippen molar-refractivity contribution in [3.63, 3.8) is 0 Å². The van der Waals surface area contributed by atoms with E-state index in [1.807, 2.05) is 24.5 Å². The van der Waals surface area contributed by atoms with Crippen molar-refractivity contribution in [2.75, 3.05) is 20.6 Å². The van der Waals surface area contributed by atoms with Gasteiger partial charge in [-0.15, -0.1) is 0 Å². The van der Waals surface area contributed by atoms with E-state index in [2.05, 4.69) is 4.84 Å². The Labute approximate surface area is 71.6 Å². The molecule has 1 amide bonds. The first-order chi connectivity index (χ1) is 5.66. The normalized spacial score (nSPS) is 9.58. The van der Waals surface area contributed by atoms with Crippen LogP contribution in [0, 0.1) is 0 Å². The topological polar surface area (TPSA) is 58.6 Å². The summed E-state index contributed by atoms with van der Waals surface area (Å²) in [6.45, 7) is 0.830. The third-order valence-corrected chi connectivity index (χ3v) is 1.21. The molecular weight excluding hydrogens is 160 g/mol. The largest absolute Gasteiger partial charge is 0.341 e. The monoisotopic (exact) mass is 174 g/mol. The highest BCUT2D eigenvalue weighted by molar-refractivity contribution is 5.70. The molecule has 12 heavy (non-hydrogen) atoms. The van der Waals surface area contributed by atoms with E-state index in [-0.39, 0.29) is 0 Å². The van der Waals surface area contributed by atoms with Crippen LogP contribution in [0.25, 0.3) is 0 Å². The number of hydroxylamine groups is 1. The summed E-state index contributed by atoms with van der Waals surface area (Å²) in [6.07, 6.45) is 1.37. The average molecular weight is 174 g/mol. The maximum absolute atomic E-state index is 10.7. The first kappa shape index (κ1) is 10.9. The van der Waals surface area contributed by atoms with Crippen molar-refractivity contribution in [2.45, 2.75) is 12.8 Å². The van der Waals surface area contributed by atoms with Gasteiger partial charge in [0.2, 0.25) is 6.41 Å². The molecule has 0 spiro atoms. The fraction of sp³-hybridized carbons (Fsp3) is 0.714. The van der Waals surface area contributed by atoms with Gasteiger partial charge in [-0.05, 0) is 27.1 Å². The molecule has 5 heteroatoms. The molecule has 0 aromatic heterocycles. The highest BCUT2D eigenvalue weighted by Crippen LogP contribution is 1.92. The molecular formula is C7H14N2O3. The van der Waals surface area contributed by atoms with Crippen LogP contribution in [0.3, 0.4) is 0 Å². The molecule has 0 heterocycles. The molecule has 0 aliphatic rings. The zero-order chi connectivity index (χ0) is 9.40. The minimum absolute atomic E-state index is 0.318. The number of carbonyl (C=O) groups excluding carboxylic acids is 2. The van der Waals surface area contributed by atoms with E-state index in [9.17, 15) is 9.59 Å². The van der Waals surface area contributed by atoms with E-state index in [1.54, 1.807) is 0 Å². The molecule has 0 unspecified atom stereocenters. The van der Waals surface area contributed by atoms with Crippen LogP contribution in [0.15, 0.2) is 0 Å². The van der Waals surface area contributed by atoms with E-state index in [1.165, 1.54) is 0 Å². The van der Waals surface area contributed by atoms with Crippen molar-refractivity contribution >= 4 is 12.4 Å². The lowest BCUT2D eigenvalue weighted by atomic mass is 10.3. The highest BCUT2D eigenvalue weighted by atomic mass is 16.7. The molecule has 0 aliphatic carbocycles. The molecule has 70 valence electrons. The summed E-state index contributed by atoms with van der Waals surface area (Å²) in [7, 11) is 3.85. The van der Waals surface area contributed by atoms with Gasteiger partial charge < -0.3 is 9.74 Å². The van der Waals surface area contributed by atoms with E-state index in [0.29, 0.717) is 12.8 Å². The van der Waals surface area contributed by atoms with Crippen molar-refractivity contribution in [1.29, 1.82) is 0 Å². The summed E-state index contributed by atoms with van der Waals surface area (Å²) >= 11 is 0. The summed E-state index contributed by atoms with van der Waals surface area (Å²) in [5, 5.41) is 0. The number of hydrogen-bond donors (Lipinski definition) is 1. The van der Waals surface area contributed by atoms with E-state index in [4.69, 9.17) is 0 Å². The number of hydrogen-bond acceptors (Lipinski definition) is 4. The first-order valence-corrected chi connectivity index (χ1v) is 3.70. The minimum Gasteiger partial charge on any atom is -0.341 e. The van der Waals surface area contributed by atoms with Crippen molar-refractivity contribution < 1.29 is 14.4 Å². The standard InChI is InChI=1S/C7H14N2O3/c1-9(2)5-3-4-7(11)12-8-6-10/h6H,3-5H2,1-2H3,(H,8,10). The number of rotatable bonds is 6. The Morgan fingerprint density at radius 2 is 2.25 bits per heavy atom. The van der Waals surface area contributed by atoms with Crippen LogP contribution in [-0.2, 0) is 14.4 Å².